The summed E-state index contributed by atoms with van der Waals surface area (Å²) in [5.41, 5.74) is 4.91. The van der Waals surface area contributed by atoms with E-state index in [4.69, 9.17) is 30.5 Å². The standard InChI is InChI=1S/C32H29ClN2O6/c1-3-18-39-27-15-9-25(10-16-27)32(37)41-29-17-6-23(19-30(29)38-2)20-34-35-31(36)24-7-13-28(14-8-24)40-21-22-4-11-26(33)12-5-22/h4-17,19-20H,3,18,21H2,1-2H3,(H,35,36)/b34-20+. The molecule has 210 valence electrons. The third-order valence-electron chi connectivity index (χ3n) is 5.77. The van der Waals surface area contributed by atoms with E-state index in [-0.39, 0.29) is 11.7 Å². The molecule has 0 saturated heterocycles. The second-order valence-electron chi connectivity index (χ2n) is 8.81. The first-order valence-corrected chi connectivity index (χ1v) is 13.3. The molecule has 4 aromatic carbocycles. The van der Waals surface area contributed by atoms with E-state index in [0.717, 1.165) is 12.0 Å². The molecule has 1 N–H and O–H groups in total. The lowest BCUT2D eigenvalue weighted by molar-refractivity contribution is 0.0729. The van der Waals surface area contributed by atoms with Crippen molar-refractivity contribution >= 4 is 29.7 Å². The largest absolute Gasteiger partial charge is 0.494 e. The van der Waals surface area contributed by atoms with Crippen molar-refractivity contribution in [2.75, 3.05) is 13.7 Å². The topological polar surface area (TPSA) is 95.5 Å². The van der Waals surface area contributed by atoms with E-state index in [1.54, 1.807) is 78.9 Å². The molecule has 4 aromatic rings. The van der Waals surface area contributed by atoms with Gasteiger partial charge in [-0.15, -0.1) is 0 Å². The molecule has 0 heterocycles. The van der Waals surface area contributed by atoms with Crippen molar-refractivity contribution in [3.05, 3.63) is 118 Å². The van der Waals surface area contributed by atoms with Crippen molar-refractivity contribution < 1.29 is 28.5 Å². The zero-order chi connectivity index (χ0) is 29.0. The number of esters is 1. The Labute approximate surface area is 243 Å². The van der Waals surface area contributed by atoms with Crippen LogP contribution in [0.2, 0.25) is 5.02 Å². The van der Waals surface area contributed by atoms with Crippen LogP contribution in [0.5, 0.6) is 23.0 Å². The molecule has 0 saturated carbocycles. The number of hydrogen-bond acceptors (Lipinski definition) is 7. The summed E-state index contributed by atoms with van der Waals surface area (Å²) in [6.45, 7) is 3.01. The molecule has 0 fully saturated rings. The predicted octanol–water partition coefficient (Wildman–Crippen LogP) is 6.70. The second kappa shape index (κ2) is 14.5. The highest BCUT2D eigenvalue weighted by Gasteiger charge is 2.13. The molecular weight excluding hydrogens is 544 g/mol. The Balaban J connectivity index is 1.30. The number of halogens is 1. The van der Waals surface area contributed by atoms with Crippen LogP contribution < -0.4 is 24.4 Å². The first kappa shape index (κ1) is 29.2. The van der Waals surface area contributed by atoms with E-state index in [2.05, 4.69) is 10.5 Å². The molecule has 41 heavy (non-hydrogen) atoms. The third-order valence-corrected chi connectivity index (χ3v) is 6.02. The van der Waals surface area contributed by atoms with Crippen molar-refractivity contribution in [2.24, 2.45) is 5.10 Å². The fraction of sp³-hybridized carbons (Fsp3) is 0.156. The van der Waals surface area contributed by atoms with E-state index >= 15 is 0 Å². The van der Waals surface area contributed by atoms with E-state index in [1.165, 1.54) is 13.3 Å². The number of ether oxygens (including phenoxy) is 4. The highest BCUT2D eigenvalue weighted by molar-refractivity contribution is 6.30. The van der Waals surface area contributed by atoms with Crippen molar-refractivity contribution in [3.63, 3.8) is 0 Å². The van der Waals surface area contributed by atoms with E-state index in [9.17, 15) is 9.59 Å². The fourth-order valence-electron chi connectivity index (χ4n) is 3.59. The quantitative estimate of drug-likeness (QED) is 0.0878. The van der Waals surface area contributed by atoms with Crippen LogP contribution in [0.25, 0.3) is 0 Å². The van der Waals surface area contributed by atoms with Gasteiger partial charge in [0.05, 0.1) is 25.5 Å². The number of hydrogen-bond donors (Lipinski definition) is 1. The smallest absolute Gasteiger partial charge is 0.343 e. The van der Waals surface area contributed by atoms with Crippen molar-refractivity contribution in [1.82, 2.24) is 5.43 Å². The molecule has 0 aromatic heterocycles. The lowest BCUT2D eigenvalue weighted by Crippen LogP contribution is -2.17. The normalized spacial score (nSPS) is 10.7. The molecule has 8 nitrogen and oxygen atoms in total. The van der Waals surface area contributed by atoms with Crippen LogP contribution in [-0.4, -0.2) is 31.8 Å². The summed E-state index contributed by atoms with van der Waals surface area (Å²) in [5.74, 6) is 1.00. The summed E-state index contributed by atoms with van der Waals surface area (Å²) in [6.07, 6.45) is 2.36. The number of nitrogens with one attached hydrogen (secondary N) is 1. The zero-order valence-electron chi connectivity index (χ0n) is 22.6. The Morgan fingerprint density at radius 1 is 0.829 bits per heavy atom. The summed E-state index contributed by atoms with van der Waals surface area (Å²) in [4.78, 5) is 25.1. The fourth-order valence-corrected chi connectivity index (χ4v) is 3.72. The van der Waals surface area contributed by atoms with E-state index in [1.807, 2.05) is 19.1 Å². The summed E-state index contributed by atoms with van der Waals surface area (Å²) >= 11 is 5.90. The van der Waals surface area contributed by atoms with Gasteiger partial charge >= 0.3 is 5.97 Å². The number of rotatable bonds is 12. The van der Waals surface area contributed by atoms with Gasteiger partial charge in [0.1, 0.15) is 18.1 Å². The van der Waals surface area contributed by atoms with Gasteiger partial charge in [-0.25, -0.2) is 10.2 Å². The zero-order valence-corrected chi connectivity index (χ0v) is 23.4. The minimum atomic E-state index is -0.527. The summed E-state index contributed by atoms with van der Waals surface area (Å²) in [7, 11) is 1.47. The van der Waals surface area contributed by atoms with Gasteiger partial charge in [-0.05, 0) is 96.4 Å². The molecule has 0 aliphatic carbocycles. The van der Waals surface area contributed by atoms with Gasteiger partial charge in [0.25, 0.3) is 5.91 Å². The lowest BCUT2D eigenvalue weighted by Gasteiger charge is -2.10. The first-order chi connectivity index (χ1) is 19.9. The van der Waals surface area contributed by atoms with Crippen LogP contribution in [0, 0.1) is 0 Å². The lowest BCUT2D eigenvalue weighted by atomic mass is 10.2. The molecule has 0 bridgehead atoms. The number of benzene rings is 4. The van der Waals surface area contributed by atoms with E-state index in [0.29, 0.717) is 52.2 Å². The average Bonchev–Trinajstić information content (AvgIpc) is 3.00. The molecule has 0 radical (unpaired) electrons. The minimum absolute atomic E-state index is 0.253. The molecule has 0 spiro atoms. The van der Waals surface area contributed by atoms with Gasteiger partial charge < -0.3 is 18.9 Å². The van der Waals surface area contributed by atoms with Gasteiger partial charge in [-0.2, -0.15) is 5.10 Å². The third kappa shape index (κ3) is 8.58. The van der Waals surface area contributed by atoms with Crippen molar-refractivity contribution in [3.8, 4) is 23.0 Å². The average molecular weight is 573 g/mol. The van der Waals surface area contributed by atoms with Crippen LogP contribution >= 0.6 is 11.6 Å². The summed E-state index contributed by atoms with van der Waals surface area (Å²) in [5, 5.41) is 4.69. The maximum Gasteiger partial charge on any atom is 0.343 e. The van der Waals surface area contributed by atoms with Gasteiger partial charge in [-0.3, -0.25) is 4.79 Å². The molecule has 0 aliphatic rings. The Morgan fingerprint density at radius 2 is 1.49 bits per heavy atom. The molecule has 0 unspecified atom stereocenters. The number of carbonyl (C=O) groups is 2. The summed E-state index contributed by atoms with van der Waals surface area (Å²) < 4.78 is 22.2. The van der Waals surface area contributed by atoms with Crippen molar-refractivity contribution in [2.45, 2.75) is 20.0 Å². The maximum absolute atomic E-state index is 12.6. The monoisotopic (exact) mass is 572 g/mol. The molecule has 0 aliphatic heterocycles. The molecule has 4 rings (SSSR count). The molecule has 0 atom stereocenters. The number of methoxy groups -OCH3 is 1. The van der Waals surface area contributed by atoms with Crippen LogP contribution in [0.15, 0.2) is 96.1 Å². The van der Waals surface area contributed by atoms with Gasteiger partial charge in [0, 0.05) is 10.6 Å². The molecular formula is C32H29ClN2O6. The predicted molar refractivity (Wildman–Crippen MR) is 157 cm³/mol. The highest BCUT2D eigenvalue weighted by atomic mass is 35.5. The first-order valence-electron chi connectivity index (χ1n) is 12.9. The van der Waals surface area contributed by atoms with E-state index < -0.39 is 5.97 Å². The Bertz CT molecular complexity index is 1490. The Hall–Kier alpha value is -4.82. The van der Waals surface area contributed by atoms with Gasteiger partial charge in [0.2, 0.25) is 0 Å². The van der Waals surface area contributed by atoms with Crippen LogP contribution in [0.1, 0.15) is 45.2 Å². The van der Waals surface area contributed by atoms with Crippen LogP contribution in [-0.2, 0) is 6.61 Å². The maximum atomic E-state index is 12.6. The molecule has 1 amide bonds. The van der Waals surface area contributed by atoms with Gasteiger partial charge in [0.15, 0.2) is 11.5 Å². The molecule has 9 heteroatoms. The van der Waals surface area contributed by atoms with Crippen LogP contribution in [0.4, 0.5) is 0 Å². The van der Waals surface area contributed by atoms with Crippen LogP contribution in [0.3, 0.4) is 0 Å². The minimum Gasteiger partial charge on any atom is -0.494 e. The second-order valence-corrected chi connectivity index (χ2v) is 9.25. The number of carbonyl (C=O) groups excluding carboxylic acids is 2. The Kier molecular flexibility index (Phi) is 10.3. The van der Waals surface area contributed by atoms with Crippen molar-refractivity contribution in [1.29, 1.82) is 0 Å². The van der Waals surface area contributed by atoms with Gasteiger partial charge in [-0.1, -0.05) is 30.7 Å². The summed E-state index contributed by atoms with van der Waals surface area (Å²) in [6, 6.07) is 25.8. The number of amides is 1. The Morgan fingerprint density at radius 3 is 2.15 bits per heavy atom. The number of nitrogens with zero attached hydrogens (tertiary/aromatic N) is 1. The number of hydrazone groups is 1. The highest BCUT2D eigenvalue weighted by Crippen LogP contribution is 2.28. The SMILES string of the molecule is CCCOc1ccc(C(=O)Oc2ccc(/C=N/NC(=O)c3ccc(OCc4ccc(Cl)cc4)cc3)cc2OC)cc1.